The molecule has 0 aliphatic carbocycles. The van der Waals surface area contributed by atoms with E-state index in [-0.39, 0.29) is 17.9 Å². The number of ether oxygens (including phenoxy) is 1. The standard InChI is InChI=1S/C26H27NO5S/c1-3-4-5-13-31-19-10-8-18(9-11-19)23(28)21-22(25-17(2)12-15-33-25)27(26(30)24(21)29)16-20-7-6-14-32-20/h6-12,14-15,22,28H,3-5,13,16H2,1-2H3/b23-21-. The molecule has 1 unspecified atom stereocenters. The van der Waals surface area contributed by atoms with Gasteiger partial charge in [0, 0.05) is 10.4 Å². The largest absolute Gasteiger partial charge is 0.507 e. The number of likely N-dealkylation sites (tertiary alicyclic amines) is 1. The van der Waals surface area contributed by atoms with E-state index in [1.54, 1.807) is 36.4 Å². The minimum atomic E-state index is -0.697. The molecular formula is C26H27NO5S. The monoisotopic (exact) mass is 465 g/mol. The molecule has 0 spiro atoms. The van der Waals surface area contributed by atoms with Gasteiger partial charge in [0.25, 0.3) is 11.7 Å². The molecule has 1 atom stereocenters. The number of nitrogens with zero attached hydrogens (tertiary/aromatic N) is 1. The van der Waals surface area contributed by atoms with Gasteiger partial charge in [-0.15, -0.1) is 11.3 Å². The Balaban J connectivity index is 1.68. The second-order valence-electron chi connectivity index (χ2n) is 8.05. The lowest BCUT2D eigenvalue weighted by Crippen LogP contribution is -2.28. The van der Waals surface area contributed by atoms with Crippen LogP contribution in [0.5, 0.6) is 5.75 Å². The van der Waals surface area contributed by atoms with Gasteiger partial charge in [-0.05, 0) is 66.8 Å². The summed E-state index contributed by atoms with van der Waals surface area (Å²) in [5.74, 6) is -0.267. The highest BCUT2D eigenvalue weighted by atomic mass is 32.1. The number of hydrogen-bond donors (Lipinski definition) is 1. The van der Waals surface area contributed by atoms with E-state index >= 15 is 0 Å². The summed E-state index contributed by atoms with van der Waals surface area (Å²) in [6.45, 7) is 4.85. The van der Waals surface area contributed by atoms with Crippen molar-refractivity contribution in [2.75, 3.05) is 6.61 Å². The van der Waals surface area contributed by atoms with Crippen LogP contribution in [0.2, 0.25) is 0 Å². The molecule has 0 bridgehead atoms. The molecule has 172 valence electrons. The summed E-state index contributed by atoms with van der Waals surface area (Å²) in [6, 6.07) is 11.7. The van der Waals surface area contributed by atoms with Crippen LogP contribution in [0.15, 0.2) is 64.1 Å². The lowest BCUT2D eigenvalue weighted by molar-refractivity contribution is -0.140. The van der Waals surface area contributed by atoms with Crippen LogP contribution < -0.4 is 4.74 Å². The summed E-state index contributed by atoms with van der Waals surface area (Å²) in [5, 5.41) is 13.1. The van der Waals surface area contributed by atoms with Gasteiger partial charge in [0.05, 0.1) is 25.0 Å². The van der Waals surface area contributed by atoms with Gasteiger partial charge in [-0.1, -0.05) is 19.8 Å². The topological polar surface area (TPSA) is 80.0 Å². The first kappa shape index (κ1) is 22.9. The maximum Gasteiger partial charge on any atom is 0.296 e. The molecule has 6 nitrogen and oxygen atoms in total. The highest BCUT2D eigenvalue weighted by Crippen LogP contribution is 2.43. The lowest BCUT2D eigenvalue weighted by atomic mass is 9.98. The second-order valence-corrected chi connectivity index (χ2v) is 9.00. The summed E-state index contributed by atoms with van der Waals surface area (Å²) in [7, 11) is 0. The van der Waals surface area contributed by atoms with E-state index in [1.165, 1.54) is 22.5 Å². The van der Waals surface area contributed by atoms with Crippen molar-refractivity contribution in [2.45, 2.75) is 45.7 Å². The smallest absolute Gasteiger partial charge is 0.296 e. The maximum atomic E-state index is 13.1. The average molecular weight is 466 g/mol. The zero-order valence-corrected chi connectivity index (χ0v) is 19.6. The maximum absolute atomic E-state index is 13.1. The molecular weight excluding hydrogens is 438 g/mol. The molecule has 1 N–H and O–H groups in total. The number of aryl methyl sites for hydroxylation is 1. The van der Waals surface area contributed by atoms with Crippen LogP contribution >= 0.6 is 11.3 Å². The number of benzene rings is 1. The van der Waals surface area contributed by atoms with E-state index in [4.69, 9.17) is 9.15 Å². The van der Waals surface area contributed by atoms with Gasteiger partial charge in [0.15, 0.2) is 0 Å². The van der Waals surface area contributed by atoms with E-state index in [9.17, 15) is 14.7 Å². The Bertz CT molecular complexity index is 1140. The van der Waals surface area contributed by atoms with Crippen LogP contribution in [0.25, 0.3) is 5.76 Å². The number of carbonyl (C=O) groups is 2. The zero-order valence-electron chi connectivity index (χ0n) is 18.7. The number of furan rings is 1. The highest BCUT2D eigenvalue weighted by molar-refractivity contribution is 7.10. The fourth-order valence-electron chi connectivity index (χ4n) is 3.96. The van der Waals surface area contributed by atoms with Crippen molar-refractivity contribution in [3.05, 3.63) is 81.4 Å². The van der Waals surface area contributed by atoms with Crippen molar-refractivity contribution in [3.63, 3.8) is 0 Å². The van der Waals surface area contributed by atoms with Gasteiger partial charge in [0.1, 0.15) is 23.3 Å². The molecule has 0 saturated carbocycles. The van der Waals surface area contributed by atoms with E-state index in [0.717, 1.165) is 29.7 Å². The second kappa shape index (κ2) is 10.1. The molecule has 1 aromatic carbocycles. The number of thiophene rings is 1. The van der Waals surface area contributed by atoms with E-state index in [2.05, 4.69) is 6.92 Å². The number of aliphatic hydroxyl groups is 1. The molecule has 1 aliphatic heterocycles. The molecule has 1 saturated heterocycles. The Morgan fingerprint density at radius 2 is 1.94 bits per heavy atom. The quantitative estimate of drug-likeness (QED) is 0.186. The number of Topliss-reactive ketones (excluding diaryl/α,β-unsaturated/α-hetero) is 1. The number of hydrogen-bond acceptors (Lipinski definition) is 6. The number of amides is 1. The molecule has 7 heteroatoms. The molecule has 0 radical (unpaired) electrons. The lowest BCUT2D eigenvalue weighted by Gasteiger charge is -2.24. The first-order valence-corrected chi connectivity index (χ1v) is 12.0. The number of unbranched alkanes of at least 4 members (excludes halogenated alkanes) is 2. The van der Waals surface area contributed by atoms with E-state index in [1.807, 2.05) is 18.4 Å². The fourth-order valence-corrected chi connectivity index (χ4v) is 5.00. The summed E-state index contributed by atoms with van der Waals surface area (Å²) in [6.07, 6.45) is 4.75. The summed E-state index contributed by atoms with van der Waals surface area (Å²) >= 11 is 1.46. The summed E-state index contributed by atoms with van der Waals surface area (Å²) in [4.78, 5) is 28.4. The fraction of sp³-hybridized carbons (Fsp3) is 0.308. The summed E-state index contributed by atoms with van der Waals surface area (Å²) in [5.41, 5.74) is 1.51. The molecule has 1 aliphatic rings. The summed E-state index contributed by atoms with van der Waals surface area (Å²) < 4.78 is 11.2. The predicted molar refractivity (Wildman–Crippen MR) is 127 cm³/mol. The van der Waals surface area contributed by atoms with Gasteiger partial charge < -0.3 is 19.2 Å². The van der Waals surface area contributed by atoms with Crippen LogP contribution in [-0.2, 0) is 16.1 Å². The molecule has 3 aromatic rings. The third-order valence-electron chi connectivity index (χ3n) is 5.74. The van der Waals surface area contributed by atoms with Crippen molar-refractivity contribution in [3.8, 4) is 5.75 Å². The van der Waals surface area contributed by atoms with Crippen LogP contribution in [0.1, 0.15) is 54.0 Å². The molecule has 4 rings (SSSR count). The minimum absolute atomic E-state index is 0.0914. The van der Waals surface area contributed by atoms with Gasteiger partial charge in [0.2, 0.25) is 0 Å². The van der Waals surface area contributed by atoms with Crippen LogP contribution in [0.4, 0.5) is 0 Å². The number of ketones is 1. The number of aliphatic hydroxyl groups excluding tert-OH is 1. The first-order chi connectivity index (χ1) is 16.0. The van der Waals surface area contributed by atoms with Crippen LogP contribution in [-0.4, -0.2) is 28.3 Å². The SMILES string of the molecule is CCCCCOc1ccc(/C(O)=C2/C(=O)C(=O)N(Cc3ccco3)C2c2sccc2C)cc1. The van der Waals surface area contributed by atoms with Crippen molar-refractivity contribution in [1.82, 2.24) is 4.90 Å². The van der Waals surface area contributed by atoms with Crippen molar-refractivity contribution in [2.24, 2.45) is 0 Å². The Kier molecular flexibility index (Phi) is 6.99. The van der Waals surface area contributed by atoms with Crippen LogP contribution in [0, 0.1) is 6.92 Å². The Morgan fingerprint density at radius 1 is 1.15 bits per heavy atom. The molecule has 33 heavy (non-hydrogen) atoms. The third-order valence-corrected chi connectivity index (χ3v) is 6.81. The Hall–Kier alpha value is -3.32. The van der Waals surface area contributed by atoms with Gasteiger partial charge >= 0.3 is 0 Å². The number of carbonyl (C=O) groups excluding carboxylic acids is 2. The average Bonchev–Trinajstić information content (AvgIpc) is 3.54. The molecule has 3 heterocycles. The van der Waals surface area contributed by atoms with Crippen molar-refractivity contribution < 1.29 is 23.8 Å². The zero-order chi connectivity index (χ0) is 23.4. The highest BCUT2D eigenvalue weighted by Gasteiger charge is 2.47. The Labute approximate surface area is 197 Å². The van der Waals surface area contributed by atoms with Crippen LogP contribution in [0.3, 0.4) is 0 Å². The van der Waals surface area contributed by atoms with Gasteiger partial charge in [-0.25, -0.2) is 0 Å². The predicted octanol–water partition coefficient (Wildman–Crippen LogP) is 5.84. The van der Waals surface area contributed by atoms with Crippen molar-refractivity contribution >= 4 is 28.8 Å². The first-order valence-electron chi connectivity index (χ1n) is 11.1. The van der Waals surface area contributed by atoms with Gasteiger partial charge in [-0.2, -0.15) is 0 Å². The van der Waals surface area contributed by atoms with Crippen molar-refractivity contribution in [1.29, 1.82) is 0 Å². The normalized spacial score (nSPS) is 17.6. The van der Waals surface area contributed by atoms with Gasteiger partial charge in [-0.3, -0.25) is 9.59 Å². The Morgan fingerprint density at radius 3 is 2.58 bits per heavy atom. The number of rotatable bonds is 9. The molecule has 2 aromatic heterocycles. The third kappa shape index (κ3) is 4.73. The minimum Gasteiger partial charge on any atom is -0.507 e. The van der Waals surface area contributed by atoms with E-state index < -0.39 is 17.7 Å². The molecule has 1 fully saturated rings. The molecule has 1 amide bonds. The van der Waals surface area contributed by atoms with E-state index in [0.29, 0.717) is 23.7 Å².